The van der Waals surface area contributed by atoms with Gasteiger partial charge in [0.25, 0.3) is 0 Å². The Labute approximate surface area is 167 Å². The molecule has 0 saturated carbocycles. The van der Waals surface area contributed by atoms with E-state index in [1.807, 2.05) is 0 Å². The molecule has 2 heteroatoms. The Bertz CT molecular complexity index is 588. The predicted octanol–water partition coefficient (Wildman–Crippen LogP) is 5.83. The van der Waals surface area contributed by atoms with E-state index in [1.165, 1.54) is 56.3 Å². The SMILES string of the molecule is CC(C)=CC(CC(C)(C)c1ccccc1)N1CCC(C2CCOCC2)CC1. The number of piperidine rings is 1. The Morgan fingerprint density at radius 1 is 1.04 bits per heavy atom. The summed E-state index contributed by atoms with van der Waals surface area (Å²) in [6, 6.07) is 11.6. The van der Waals surface area contributed by atoms with Crippen LogP contribution in [-0.4, -0.2) is 37.2 Å². The van der Waals surface area contributed by atoms with Gasteiger partial charge >= 0.3 is 0 Å². The summed E-state index contributed by atoms with van der Waals surface area (Å²) in [5.74, 6) is 1.82. The number of hydrogen-bond acceptors (Lipinski definition) is 2. The molecule has 0 aromatic heterocycles. The number of hydrogen-bond donors (Lipinski definition) is 0. The maximum absolute atomic E-state index is 5.57. The van der Waals surface area contributed by atoms with Crippen molar-refractivity contribution in [3.8, 4) is 0 Å². The zero-order valence-corrected chi connectivity index (χ0v) is 17.9. The fraction of sp³-hybridized carbons (Fsp3) is 0.680. The number of nitrogens with zero attached hydrogens (tertiary/aromatic N) is 1. The molecule has 1 aromatic carbocycles. The summed E-state index contributed by atoms with van der Waals surface area (Å²) < 4.78 is 5.57. The average Bonchev–Trinajstić information content (AvgIpc) is 2.68. The van der Waals surface area contributed by atoms with Gasteiger partial charge in [-0.3, -0.25) is 4.90 Å². The third kappa shape index (κ3) is 5.68. The summed E-state index contributed by atoms with van der Waals surface area (Å²) in [5.41, 5.74) is 3.08. The van der Waals surface area contributed by atoms with Gasteiger partial charge in [-0.1, -0.05) is 55.8 Å². The van der Waals surface area contributed by atoms with Gasteiger partial charge in [0, 0.05) is 19.3 Å². The molecule has 150 valence electrons. The first-order valence-electron chi connectivity index (χ1n) is 11.0. The van der Waals surface area contributed by atoms with Gasteiger partial charge in [-0.05, 0) is 81.9 Å². The molecular weight excluding hydrogens is 330 g/mol. The van der Waals surface area contributed by atoms with Crippen LogP contribution in [0.4, 0.5) is 0 Å². The first-order chi connectivity index (χ1) is 13.0. The Morgan fingerprint density at radius 3 is 2.22 bits per heavy atom. The van der Waals surface area contributed by atoms with Crippen molar-refractivity contribution >= 4 is 0 Å². The Balaban J connectivity index is 1.64. The molecule has 2 nitrogen and oxygen atoms in total. The van der Waals surface area contributed by atoms with E-state index in [4.69, 9.17) is 4.74 Å². The van der Waals surface area contributed by atoms with Crippen LogP contribution in [0.1, 0.15) is 65.4 Å². The minimum absolute atomic E-state index is 0.190. The van der Waals surface area contributed by atoms with E-state index in [2.05, 4.69) is 69.0 Å². The van der Waals surface area contributed by atoms with Crippen LogP contribution < -0.4 is 0 Å². The van der Waals surface area contributed by atoms with Crippen molar-refractivity contribution in [1.29, 1.82) is 0 Å². The van der Waals surface area contributed by atoms with Crippen LogP contribution in [0.3, 0.4) is 0 Å². The second-order valence-corrected chi connectivity index (χ2v) is 9.59. The highest BCUT2D eigenvalue weighted by Gasteiger charge is 2.32. The number of benzene rings is 1. The minimum Gasteiger partial charge on any atom is -0.381 e. The molecule has 0 bridgehead atoms. The number of likely N-dealkylation sites (tertiary alicyclic amines) is 1. The molecule has 1 atom stereocenters. The van der Waals surface area contributed by atoms with Crippen LogP contribution >= 0.6 is 0 Å². The minimum atomic E-state index is 0.190. The van der Waals surface area contributed by atoms with Crippen molar-refractivity contribution in [2.24, 2.45) is 11.8 Å². The highest BCUT2D eigenvalue weighted by atomic mass is 16.5. The summed E-state index contributed by atoms with van der Waals surface area (Å²) in [6.07, 6.45) is 8.99. The largest absolute Gasteiger partial charge is 0.381 e. The molecule has 1 unspecified atom stereocenters. The van der Waals surface area contributed by atoms with Crippen LogP contribution in [0, 0.1) is 11.8 Å². The number of rotatable bonds is 6. The fourth-order valence-electron chi connectivity index (χ4n) is 5.12. The summed E-state index contributed by atoms with van der Waals surface area (Å²) in [6.45, 7) is 13.8. The van der Waals surface area contributed by atoms with Crippen LogP contribution in [-0.2, 0) is 10.2 Å². The fourth-order valence-corrected chi connectivity index (χ4v) is 5.12. The molecule has 0 N–H and O–H groups in total. The molecule has 3 rings (SSSR count). The van der Waals surface area contributed by atoms with Crippen molar-refractivity contribution in [2.75, 3.05) is 26.3 Å². The Kier molecular flexibility index (Phi) is 7.16. The van der Waals surface area contributed by atoms with E-state index in [-0.39, 0.29) is 5.41 Å². The standard InChI is InChI=1S/C25H39NO/c1-20(2)18-24(19-25(3,4)23-8-6-5-7-9-23)26-14-10-21(11-15-26)22-12-16-27-17-13-22/h5-9,18,21-22,24H,10-17,19H2,1-4H3. The number of ether oxygens (including phenoxy) is 1. The maximum Gasteiger partial charge on any atom is 0.0468 e. The molecular formula is C25H39NO. The van der Waals surface area contributed by atoms with E-state index in [9.17, 15) is 0 Å². The third-order valence-corrected chi connectivity index (χ3v) is 6.78. The number of allylic oxidation sites excluding steroid dienone is 1. The van der Waals surface area contributed by atoms with Gasteiger partial charge in [0.1, 0.15) is 0 Å². The van der Waals surface area contributed by atoms with Gasteiger partial charge in [-0.25, -0.2) is 0 Å². The van der Waals surface area contributed by atoms with Gasteiger partial charge in [0.05, 0.1) is 0 Å². The smallest absolute Gasteiger partial charge is 0.0468 e. The summed E-state index contributed by atoms with van der Waals surface area (Å²) in [4.78, 5) is 2.76. The third-order valence-electron chi connectivity index (χ3n) is 6.78. The second-order valence-electron chi connectivity index (χ2n) is 9.59. The molecule has 27 heavy (non-hydrogen) atoms. The van der Waals surface area contributed by atoms with E-state index < -0.39 is 0 Å². The van der Waals surface area contributed by atoms with Gasteiger partial charge < -0.3 is 4.74 Å². The van der Waals surface area contributed by atoms with Crippen molar-refractivity contribution in [1.82, 2.24) is 4.90 Å². The van der Waals surface area contributed by atoms with Gasteiger partial charge in [-0.2, -0.15) is 0 Å². The summed E-state index contributed by atoms with van der Waals surface area (Å²) in [5, 5.41) is 0. The van der Waals surface area contributed by atoms with Gasteiger partial charge in [0.2, 0.25) is 0 Å². The van der Waals surface area contributed by atoms with Crippen molar-refractivity contribution < 1.29 is 4.74 Å². The molecule has 2 fully saturated rings. The van der Waals surface area contributed by atoms with Crippen LogP contribution in [0.2, 0.25) is 0 Å². The molecule has 0 radical (unpaired) electrons. The van der Waals surface area contributed by atoms with Crippen molar-refractivity contribution in [2.45, 2.75) is 71.3 Å². The molecule has 2 heterocycles. The highest BCUT2D eigenvalue weighted by Crippen LogP contribution is 2.35. The van der Waals surface area contributed by atoms with Gasteiger partial charge in [0.15, 0.2) is 0 Å². The van der Waals surface area contributed by atoms with Crippen LogP contribution in [0.15, 0.2) is 42.0 Å². The van der Waals surface area contributed by atoms with Crippen LogP contribution in [0.25, 0.3) is 0 Å². The topological polar surface area (TPSA) is 12.5 Å². The van der Waals surface area contributed by atoms with Crippen molar-refractivity contribution in [3.05, 3.63) is 47.5 Å². The highest BCUT2D eigenvalue weighted by molar-refractivity contribution is 5.24. The molecule has 0 spiro atoms. The Hall–Kier alpha value is -1.12. The molecule has 2 aliphatic heterocycles. The first kappa shape index (κ1) is 20.6. The lowest BCUT2D eigenvalue weighted by molar-refractivity contribution is 0.0260. The normalized spacial score (nSPS) is 21.8. The van der Waals surface area contributed by atoms with Crippen molar-refractivity contribution in [3.63, 3.8) is 0 Å². The lowest BCUT2D eigenvalue weighted by atomic mass is 9.77. The van der Waals surface area contributed by atoms with E-state index in [0.29, 0.717) is 6.04 Å². The average molecular weight is 370 g/mol. The van der Waals surface area contributed by atoms with Crippen LogP contribution in [0.5, 0.6) is 0 Å². The second kappa shape index (κ2) is 9.39. The van der Waals surface area contributed by atoms with E-state index >= 15 is 0 Å². The zero-order valence-electron chi connectivity index (χ0n) is 17.9. The Morgan fingerprint density at radius 2 is 1.63 bits per heavy atom. The summed E-state index contributed by atoms with van der Waals surface area (Å²) >= 11 is 0. The summed E-state index contributed by atoms with van der Waals surface area (Å²) in [7, 11) is 0. The molecule has 2 saturated heterocycles. The first-order valence-corrected chi connectivity index (χ1v) is 11.0. The molecule has 1 aromatic rings. The molecule has 0 aliphatic carbocycles. The lowest BCUT2D eigenvalue weighted by Crippen LogP contribution is -2.44. The molecule has 2 aliphatic rings. The zero-order chi connectivity index (χ0) is 19.3. The van der Waals surface area contributed by atoms with Gasteiger partial charge in [-0.15, -0.1) is 0 Å². The molecule has 0 amide bonds. The van der Waals surface area contributed by atoms with E-state index in [1.54, 1.807) is 0 Å². The monoisotopic (exact) mass is 369 g/mol. The van der Waals surface area contributed by atoms with E-state index in [0.717, 1.165) is 25.0 Å². The predicted molar refractivity (Wildman–Crippen MR) is 115 cm³/mol. The quantitative estimate of drug-likeness (QED) is 0.585. The lowest BCUT2D eigenvalue weighted by Gasteiger charge is -2.42. The maximum atomic E-state index is 5.57.